The molecule has 0 bridgehead atoms. The highest BCUT2D eigenvalue weighted by Gasteiger charge is 2.41. The fourth-order valence-corrected chi connectivity index (χ4v) is 10.5. The number of rotatable bonds is 11. The first-order valence-electron chi connectivity index (χ1n) is 22.5. The predicted octanol–water partition coefficient (Wildman–Crippen LogP) is 14.5. The Bertz CT molecular complexity index is 2860. The van der Waals surface area contributed by atoms with E-state index in [1.54, 1.807) is 0 Å². The molecular formula is C62H52N2. The van der Waals surface area contributed by atoms with E-state index < -0.39 is 10.8 Å². The second-order valence-electron chi connectivity index (χ2n) is 17.0. The van der Waals surface area contributed by atoms with Crippen LogP contribution in [0.5, 0.6) is 0 Å². The van der Waals surface area contributed by atoms with Crippen LogP contribution in [0, 0.1) is 6.92 Å². The van der Waals surface area contributed by atoms with Gasteiger partial charge in [-0.15, -0.1) is 0 Å². The smallest absolute Gasteiger partial charge is 0.147 e. The first-order valence-corrected chi connectivity index (χ1v) is 22.5. The van der Waals surface area contributed by atoms with Gasteiger partial charge < -0.3 is 4.90 Å². The van der Waals surface area contributed by atoms with E-state index in [1.807, 2.05) is 0 Å². The van der Waals surface area contributed by atoms with E-state index in [1.165, 1.54) is 55.6 Å². The van der Waals surface area contributed by atoms with Gasteiger partial charge in [0.15, 0.2) is 0 Å². The molecule has 1 unspecified atom stereocenters. The fourth-order valence-electron chi connectivity index (χ4n) is 10.5. The van der Waals surface area contributed by atoms with Gasteiger partial charge in [0.05, 0.1) is 16.5 Å². The molecule has 2 heteroatoms. The van der Waals surface area contributed by atoms with Crippen LogP contribution in [-0.4, -0.2) is 17.7 Å². The number of benzene rings is 8. The Hall–Kier alpha value is -7.55. The Kier molecular flexibility index (Phi) is 11.2. The number of nitrogens with zero attached hydrogens (tertiary/aromatic N) is 2. The third kappa shape index (κ3) is 7.15. The van der Waals surface area contributed by atoms with E-state index in [4.69, 9.17) is 4.99 Å². The summed E-state index contributed by atoms with van der Waals surface area (Å²) in [6.45, 7) is 2.20. The standard InChI is InChI=1S/C62H52N2/c1-46-25-21-22-42-57(46)60-63-58(47-26-23-40-55(43-47)61(49-28-9-3-10-29-49,50-30-11-4-12-31-50)51-32-13-5-14-33-51)45-59(64(60)2)48-27-24-41-56(44-48)62(52-34-15-6-16-35-52,53-36-17-7-18-37-53)54-38-19-8-20-39-54/h3-13,15-32,34-45,60H,14,33H2,1-2H3. The summed E-state index contributed by atoms with van der Waals surface area (Å²) < 4.78 is 0. The van der Waals surface area contributed by atoms with Crippen LogP contribution in [0.3, 0.4) is 0 Å². The first-order chi connectivity index (χ1) is 31.6. The summed E-state index contributed by atoms with van der Waals surface area (Å²) in [7, 11) is 2.20. The third-order valence-corrected chi connectivity index (χ3v) is 13.5. The molecule has 0 saturated carbocycles. The minimum absolute atomic E-state index is 0.246. The zero-order chi connectivity index (χ0) is 43.4. The Morgan fingerprint density at radius 1 is 0.469 bits per heavy atom. The van der Waals surface area contributed by atoms with Gasteiger partial charge >= 0.3 is 0 Å². The molecule has 1 heterocycles. The van der Waals surface area contributed by atoms with E-state index in [9.17, 15) is 0 Å². The van der Waals surface area contributed by atoms with Crippen LogP contribution in [0.4, 0.5) is 0 Å². The van der Waals surface area contributed by atoms with Crippen LogP contribution in [0.2, 0.25) is 0 Å². The Morgan fingerprint density at radius 2 is 0.906 bits per heavy atom. The molecule has 310 valence electrons. The SMILES string of the molecule is Cc1ccccc1C1N=C(c2cccc(C(C3=CC=CCC3)(c3ccccc3)c3ccccc3)c2)C=C(c2cccc(C(c3ccccc3)(c3ccccc3)c3ccccc3)c2)N1C. The van der Waals surface area contributed by atoms with Crippen molar-refractivity contribution in [2.24, 2.45) is 4.99 Å². The highest BCUT2D eigenvalue weighted by molar-refractivity contribution is 6.13. The van der Waals surface area contributed by atoms with Crippen molar-refractivity contribution in [1.29, 1.82) is 0 Å². The largest absolute Gasteiger partial charge is 0.349 e. The van der Waals surface area contributed by atoms with Gasteiger partial charge in [-0.1, -0.05) is 236 Å². The molecule has 0 radical (unpaired) electrons. The molecule has 0 N–H and O–H groups in total. The molecule has 1 atom stereocenters. The van der Waals surface area contributed by atoms with E-state index in [2.05, 4.69) is 268 Å². The van der Waals surface area contributed by atoms with Crippen molar-refractivity contribution < 1.29 is 0 Å². The van der Waals surface area contributed by atoms with E-state index >= 15 is 0 Å². The van der Waals surface area contributed by atoms with Crippen LogP contribution in [0.1, 0.15) is 80.2 Å². The predicted molar refractivity (Wildman–Crippen MR) is 267 cm³/mol. The van der Waals surface area contributed by atoms with Crippen LogP contribution >= 0.6 is 0 Å². The van der Waals surface area contributed by atoms with Crippen LogP contribution in [-0.2, 0) is 10.8 Å². The second-order valence-corrected chi connectivity index (χ2v) is 17.0. The monoisotopic (exact) mass is 824 g/mol. The van der Waals surface area contributed by atoms with Gasteiger partial charge in [-0.2, -0.15) is 0 Å². The number of hydrogen-bond donors (Lipinski definition) is 0. The van der Waals surface area contributed by atoms with Crippen LogP contribution in [0.15, 0.2) is 259 Å². The average Bonchev–Trinajstić information content (AvgIpc) is 3.37. The maximum absolute atomic E-state index is 5.68. The number of aliphatic imine (C=N–C) groups is 1. The van der Waals surface area contributed by atoms with Crippen molar-refractivity contribution in [1.82, 2.24) is 4.90 Å². The summed E-state index contributed by atoms with van der Waals surface area (Å²) in [4.78, 5) is 8.04. The summed E-state index contributed by atoms with van der Waals surface area (Å²) in [5.74, 6) is 0. The second kappa shape index (κ2) is 17.7. The number of hydrogen-bond acceptors (Lipinski definition) is 2. The molecule has 0 aromatic heterocycles. The first kappa shape index (κ1) is 40.5. The quantitative estimate of drug-likeness (QED) is 0.119. The Labute approximate surface area is 379 Å². The molecule has 1 aliphatic carbocycles. The maximum Gasteiger partial charge on any atom is 0.147 e. The Morgan fingerprint density at radius 3 is 1.41 bits per heavy atom. The molecule has 10 rings (SSSR count). The lowest BCUT2D eigenvalue weighted by molar-refractivity contribution is 0.363. The van der Waals surface area contributed by atoms with E-state index in [0.717, 1.165) is 35.4 Å². The topological polar surface area (TPSA) is 15.6 Å². The van der Waals surface area contributed by atoms with E-state index in [-0.39, 0.29) is 6.17 Å². The van der Waals surface area contributed by atoms with Crippen molar-refractivity contribution in [3.05, 3.63) is 316 Å². The van der Waals surface area contributed by atoms with Gasteiger partial charge in [0, 0.05) is 18.3 Å². The lowest BCUT2D eigenvalue weighted by atomic mass is 9.63. The summed E-state index contributed by atoms with van der Waals surface area (Å²) in [5.41, 5.74) is 15.6. The molecule has 2 aliphatic rings. The summed E-state index contributed by atoms with van der Waals surface area (Å²) in [6, 6.07) is 82.2. The van der Waals surface area contributed by atoms with Gasteiger partial charge in [-0.3, -0.25) is 4.99 Å². The highest BCUT2D eigenvalue weighted by atomic mass is 15.2. The molecule has 8 aromatic rings. The third-order valence-electron chi connectivity index (χ3n) is 13.5. The minimum atomic E-state index is -0.574. The molecule has 8 aromatic carbocycles. The molecule has 0 amide bonds. The molecule has 2 nitrogen and oxygen atoms in total. The lowest BCUT2D eigenvalue weighted by Crippen LogP contribution is -2.33. The average molecular weight is 825 g/mol. The zero-order valence-corrected chi connectivity index (χ0v) is 36.6. The summed E-state index contributed by atoms with van der Waals surface area (Å²) >= 11 is 0. The minimum Gasteiger partial charge on any atom is -0.349 e. The molecule has 0 saturated heterocycles. The highest BCUT2D eigenvalue weighted by Crippen LogP contribution is 2.49. The van der Waals surface area contributed by atoms with Crippen molar-refractivity contribution in [3.63, 3.8) is 0 Å². The lowest BCUT2D eigenvalue weighted by Gasteiger charge is -2.40. The van der Waals surface area contributed by atoms with Gasteiger partial charge in [-0.05, 0) is 93.6 Å². The Balaban J connectivity index is 1.19. The van der Waals surface area contributed by atoms with Crippen molar-refractivity contribution in [2.75, 3.05) is 7.05 Å². The fraction of sp³-hybridized carbons (Fsp3) is 0.113. The molecule has 0 fully saturated rings. The van der Waals surface area contributed by atoms with Crippen molar-refractivity contribution >= 4 is 11.4 Å². The molecular weight excluding hydrogens is 773 g/mol. The number of aryl methyl sites for hydroxylation is 1. The van der Waals surface area contributed by atoms with Crippen molar-refractivity contribution in [2.45, 2.75) is 36.8 Å². The molecule has 1 aliphatic heterocycles. The van der Waals surface area contributed by atoms with Crippen LogP contribution < -0.4 is 0 Å². The van der Waals surface area contributed by atoms with Gasteiger partial charge in [0.25, 0.3) is 0 Å². The normalized spacial score (nSPS) is 15.2. The van der Waals surface area contributed by atoms with Gasteiger partial charge in [0.2, 0.25) is 0 Å². The van der Waals surface area contributed by atoms with E-state index in [0.29, 0.717) is 0 Å². The maximum atomic E-state index is 5.68. The van der Waals surface area contributed by atoms with Gasteiger partial charge in [0.1, 0.15) is 6.17 Å². The molecule has 0 spiro atoms. The van der Waals surface area contributed by atoms with Gasteiger partial charge in [-0.25, -0.2) is 0 Å². The number of allylic oxidation sites excluding steroid dienone is 5. The zero-order valence-electron chi connectivity index (χ0n) is 36.6. The summed E-state index contributed by atoms with van der Waals surface area (Å²) in [6.07, 6.45) is 10.9. The van der Waals surface area contributed by atoms with Crippen LogP contribution in [0.25, 0.3) is 5.70 Å². The molecule has 64 heavy (non-hydrogen) atoms. The van der Waals surface area contributed by atoms with Crippen molar-refractivity contribution in [3.8, 4) is 0 Å². The summed E-state index contributed by atoms with van der Waals surface area (Å²) in [5, 5.41) is 0.